The number of hydrogen-bond donors (Lipinski definition) is 1. The second-order valence-corrected chi connectivity index (χ2v) is 3.79. The molecule has 1 heterocycles. The van der Waals surface area contributed by atoms with E-state index in [1.165, 1.54) is 0 Å². The molecule has 0 aromatic heterocycles. The molecule has 4 nitrogen and oxygen atoms in total. The molecule has 2 N–H and O–H groups in total. The number of fused-ring (bicyclic) bond motifs is 1. The summed E-state index contributed by atoms with van der Waals surface area (Å²) in [6.45, 7) is 1.13. The van der Waals surface area contributed by atoms with Gasteiger partial charge in [0.25, 0.3) is 0 Å². The summed E-state index contributed by atoms with van der Waals surface area (Å²) >= 11 is 0. The van der Waals surface area contributed by atoms with Gasteiger partial charge in [-0.05, 0) is 18.6 Å². The fourth-order valence-electron chi connectivity index (χ4n) is 2.11. The smallest absolute Gasteiger partial charge is 0.228 e. The van der Waals surface area contributed by atoms with E-state index < -0.39 is 0 Å². The van der Waals surface area contributed by atoms with Crippen LogP contribution in [0.25, 0.3) is 0 Å². The zero-order valence-corrected chi connectivity index (χ0v) is 9.40. The van der Waals surface area contributed by atoms with Crippen molar-refractivity contribution in [1.82, 2.24) is 0 Å². The van der Waals surface area contributed by atoms with Crippen LogP contribution in [0.3, 0.4) is 0 Å². The number of rotatable bonds is 3. The van der Waals surface area contributed by atoms with Gasteiger partial charge in [-0.15, -0.1) is 0 Å². The molecule has 16 heavy (non-hydrogen) atoms. The van der Waals surface area contributed by atoms with Crippen LogP contribution in [0.2, 0.25) is 0 Å². The first kappa shape index (κ1) is 11.0. The number of ether oxygens (including phenoxy) is 1. The second kappa shape index (κ2) is 4.53. The van der Waals surface area contributed by atoms with Crippen LogP contribution in [0.15, 0.2) is 18.2 Å². The van der Waals surface area contributed by atoms with Crippen LogP contribution < -0.4 is 15.4 Å². The first-order chi connectivity index (χ1) is 7.77. The molecule has 0 bridgehead atoms. The van der Waals surface area contributed by atoms with Crippen LogP contribution in [-0.2, 0) is 11.2 Å². The third-order valence-electron chi connectivity index (χ3n) is 2.86. The van der Waals surface area contributed by atoms with Gasteiger partial charge in [0, 0.05) is 25.1 Å². The Bertz CT molecular complexity index is 404. The van der Waals surface area contributed by atoms with Crippen molar-refractivity contribution >= 4 is 11.6 Å². The molecule has 0 aliphatic carbocycles. The molecule has 4 heteroatoms. The van der Waals surface area contributed by atoms with Crippen molar-refractivity contribution in [1.29, 1.82) is 0 Å². The maximum Gasteiger partial charge on any atom is 0.228 e. The first-order valence-electron chi connectivity index (χ1n) is 5.44. The Kier molecular flexibility index (Phi) is 3.10. The van der Waals surface area contributed by atoms with Crippen LogP contribution in [-0.4, -0.2) is 26.1 Å². The summed E-state index contributed by atoms with van der Waals surface area (Å²) in [6.07, 6.45) is 1.26. The average molecular weight is 220 g/mol. The third kappa shape index (κ3) is 1.76. The molecule has 1 aromatic rings. The molecule has 1 aromatic carbocycles. The highest BCUT2D eigenvalue weighted by molar-refractivity contribution is 5.96. The van der Waals surface area contributed by atoms with Crippen molar-refractivity contribution in [3.8, 4) is 5.75 Å². The highest BCUT2D eigenvalue weighted by Gasteiger charge is 2.26. The minimum atomic E-state index is 0.0921. The predicted octanol–water partition coefficient (Wildman–Crippen LogP) is 0.933. The van der Waals surface area contributed by atoms with E-state index in [0.29, 0.717) is 13.0 Å². The highest BCUT2D eigenvalue weighted by atomic mass is 16.5. The molecule has 0 atom stereocenters. The topological polar surface area (TPSA) is 55.6 Å². The molecule has 0 saturated carbocycles. The van der Waals surface area contributed by atoms with Gasteiger partial charge < -0.3 is 15.4 Å². The number of nitrogens with zero attached hydrogens (tertiary/aromatic N) is 1. The summed E-state index contributed by atoms with van der Waals surface area (Å²) in [7, 11) is 1.65. The Hall–Kier alpha value is -1.55. The number of amides is 1. The van der Waals surface area contributed by atoms with Gasteiger partial charge in [-0.3, -0.25) is 4.79 Å². The molecular weight excluding hydrogens is 204 g/mol. The lowest BCUT2D eigenvalue weighted by atomic mass is 10.1. The summed E-state index contributed by atoms with van der Waals surface area (Å²) < 4.78 is 5.28. The number of nitrogens with two attached hydrogens (primary N) is 1. The van der Waals surface area contributed by atoms with Crippen LogP contribution in [0.5, 0.6) is 5.75 Å². The lowest BCUT2D eigenvalue weighted by Crippen LogP contribution is -2.30. The van der Waals surface area contributed by atoms with Crippen LogP contribution in [0, 0.1) is 0 Å². The standard InChI is InChI=1S/C12H16N2O2/c1-16-11-4-2-3-10-9(11)6-8-14(10)12(15)5-7-13/h2-4H,5-8,13H2,1H3. The van der Waals surface area contributed by atoms with E-state index in [2.05, 4.69) is 0 Å². The minimum absolute atomic E-state index is 0.0921. The van der Waals surface area contributed by atoms with Crippen molar-refractivity contribution < 1.29 is 9.53 Å². The van der Waals surface area contributed by atoms with Gasteiger partial charge >= 0.3 is 0 Å². The van der Waals surface area contributed by atoms with E-state index in [0.717, 1.165) is 30.0 Å². The van der Waals surface area contributed by atoms with Gasteiger partial charge in [0.2, 0.25) is 5.91 Å². The molecule has 86 valence electrons. The van der Waals surface area contributed by atoms with E-state index in [9.17, 15) is 4.79 Å². The molecule has 1 aliphatic heterocycles. The highest BCUT2D eigenvalue weighted by Crippen LogP contribution is 2.34. The summed E-state index contributed by atoms with van der Waals surface area (Å²) in [5, 5.41) is 0. The molecule has 1 amide bonds. The van der Waals surface area contributed by atoms with Crippen LogP contribution in [0.4, 0.5) is 5.69 Å². The van der Waals surface area contributed by atoms with Gasteiger partial charge in [-0.1, -0.05) is 6.07 Å². The number of benzene rings is 1. The molecule has 0 spiro atoms. The average Bonchev–Trinajstić information content (AvgIpc) is 2.72. The van der Waals surface area contributed by atoms with Gasteiger partial charge in [0.15, 0.2) is 0 Å². The Morgan fingerprint density at radius 1 is 1.56 bits per heavy atom. The first-order valence-corrected chi connectivity index (χ1v) is 5.44. The number of hydrogen-bond acceptors (Lipinski definition) is 3. The lowest BCUT2D eigenvalue weighted by Gasteiger charge is -2.17. The van der Waals surface area contributed by atoms with Crippen LogP contribution >= 0.6 is 0 Å². The Labute approximate surface area is 95.0 Å². The van der Waals surface area contributed by atoms with E-state index in [4.69, 9.17) is 10.5 Å². The van der Waals surface area contributed by atoms with Crippen molar-refractivity contribution in [2.24, 2.45) is 5.73 Å². The lowest BCUT2D eigenvalue weighted by molar-refractivity contribution is -0.118. The number of methoxy groups -OCH3 is 1. The quantitative estimate of drug-likeness (QED) is 0.824. The summed E-state index contributed by atoms with van der Waals surface area (Å²) in [5.74, 6) is 0.954. The summed E-state index contributed by atoms with van der Waals surface area (Å²) in [5.41, 5.74) is 7.49. The van der Waals surface area contributed by atoms with Crippen molar-refractivity contribution in [2.45, 2.75) is 12.8 Å². The fourth-order valence-corrected chi connectivity index (χ4v) is 2.11. The Balaban J connectivity index is 2.29. The minimum Gasteiger partial charge on any atom is -0.496 e. The van der Waals surface area contributed by atoms with Gasteiger partial charge in [-0.2, -0.15) is 0 Å². The van der Waals surface area contributed by atoms with E-state index in [1.807, 2.05) is 18.2 Å². The van der Waals surface area contributed by atoms with Crippen LogP contribution in [0.1, 0.15) is 12.0 Å². The second-order valence-electron chi connectivity index (χ2n) is 3.79. The third-order valence-corrected chi connectivity index (χ3v) is 2.86. The van der Waals surface area contributed by atoms with Crippen molar-refractivity contribution in [3.05, 3.63) is 23.8 Å². The summed E-state index contributed by atoms with van der Waals surface area (Å²) in [6, 6.07) is 5.79. The Morgan fingerprint density at radius 2 is 2.38 bits per heavy atom. The predicted molar refractivity (Wildman–Crippen MR) is 62.7 cm³/mol. The maximum absolute atomic E-state index is 11.8. The SMILES string of the molecule is COc1cccc2c1CCN2C(=O)CCN. The Morgan fingerprint density at radius 3 is 3.06 bits per heavy atom. The molecular formula is C12H16N2O2. The zero-order valence-electron chi connectivity index (χ0n) is 9.40. The summed E-state index contributed by atoms with van der Waals surface area (Å²) in [4.78, 5) is 13.6. The molecule has 2 rings (SSSR count). The van der Waals surface area contributed by atoms with E-state index in [-0.39, 0.29) is 5.91 Å². The van der Waals surface area contributed by atoms with E-state index in [1.54, 1.807) is 12.0 Å². The van der Waals surface area contributed by atoms with Gasteiger partial charge in [0.1, 0.15) is 5.75 Å². The van der Waals surface area contributed by atoms with Crippen molar-refractivity contribution in [2.75, 3.05) is 25.1 Å². The molecule has 1 aliphatic rings. The number of carbonyl (C=O) groups is 1. The fraction of sp³-hybridized carbons (Fsp3) is 0.417. The monoisotopic (exact) mass is 220 g/mol. The normalized spacial score (nSPS) is 13.8. The van der Waals surface area contributed by atoms with Crippen molar-refractivity contribution in [3.63, 3.8) is 0 Å². The number of anilines is 1. The molecule has 0 saturated heterocycles. The largest absolute Gasteiger partial charge is 0.496 e. The molecule has 0 unspecified atom stereocenters. The maximum atomic E-state index is 11.8. The van der Waals surface area contributed by atoms with Gasteiger partial charge in [0.05, 0.1) is 12.8 Å². The molecule has 0 radical (unpaired) electrons. The molecule has 0 fully saturated rings. The number of carbonyl (C=O) groups excluding carboxylic acids is 1. The van der Waals surface area contributed by atoms with Gasteiger partial charge in [-0.25, -0.2) is 0 Å². The van der Waals surface area contributed by atoms with E-state index >= 15 is 0 Å². The zero-order chi connectivity index (χ0) is 11.5.